The molecular formula is C7H7BrN6S. The minimum atomic E-state index is 0.570. The highest BCUT2D eigenvalue weighted by Crippen LogP contribution is 2.29. The van der Waals surface area contributed by atoms with E-state index in [1.54, 1.807) is 13.2 Å². The zero-order chi connectivity index (χ0) is 10.7. The fourth-order valence-corrected chi connectivity index (χ4v) is 1.98. The maximum atomic E-state index is 4.27. The van der Waals surface area contributed by atoms with E-state index in [-0.39, 0.29) is 0 Å². The molecule has 0 saturated carbocycles. The second-order valence-electron chi connectivity index (χ2n) is 2.49. The lowest BCUT2D eigenvalue weighted by molar-refractivity contribution is 0.959. The molecule has 0 atom stereocenters. The number of nitrogens with one attached hydrogen (secondary N) is 2. The quantitative estimate of drug-likeness (QED) is 0.834. The Morgan fingerprint density at radius 3 is 3.00 bits per heavy atom. The highest BCUT2D eigenvalue weighted by molar-refractivity contribution is 9.10. The molecule has 0 aliphatic rings. The molecule has 0 amide bonds. The summed E-state index contributed by atoms with van der Waals surface area (Å²) >= 11 is 4.75. The van der Waals surface area contributed by atoms with E-state index in [0.29, 0.717) is 11.1 Å². The van der Waals surface area contributed by atoms with Crippen molar-refractivity contribution in [2.75, 3.05) is 12.4 Å². The Labute approximate surface area is 98.5 Å². The van der Waals surface area contributed by atoms with E-state index in [2.05, 4.69) is 46.4 Å². The molecule has 78 valence electrons. The fraction of sp³-hybridized carbons (Fsp3) is 0.143. The zero-order valence-electron chi connectivity index (χ0n) is 7.73. The van der Waals surface area contributed by atoms with Gasteiger partial charge in [-0.3, -0.25) is 5.10 Å². The van der Waals surface area contributed by atoms with E-state index in [9.17, 15) is 0 Å². The molecule has 0 radical (unpaired) electrons. The Balaban J connectivity index is 2.27. The molecular weight excluding hydrogens is 280 g/mol. The molecule has 15 heavy (non-hydrogen) atoms. The van der Waals surface area contributed by atoms with Crippen molar-refractivity contribution in [2.24, 2.45) is 0 Å². The normalized spacial score (nSPS) is 10.3. The third kappa shape index (κ3) is 2.45. The van der Waals surface area contributed by atoms with Gasteiger partial charge in [0.15, 0.2) is 5.16 Å². The molecule has 0 aliphatic heterocycles. The van der Waals surface area contributed by atoms with Crippen LogP contribution in [0.15, 0.2) is 27.2 Å². The fourth-order valence-electron chi connectivity index (χ4n) is 0.879. The van der Waals surface area contributed by atoms with Crippen molar-refractivity contribution in [2.45, 2.75) is 10.2 Å². The van der Waals surface area contributed by atoms with E-state index < -0.39 is 0 Å². The highest BCUT2D eigenvalue weighted by Gasteiger charge is 2.07. The largest absolute Gasteiger partial charge is 0.357 e. The summed E-state index contributed by atoms with van der Waals surface area (Å²) in [5.41, 5.74) is 0. The molecule has 0 aliphatic carbocycles. The average molecular weight is 287 g/mol. The van der Waals surface area contributed by atoms with Gasteiger partial charge >= 0.3 is 0 Å². The molecule has 2 aromatic rings. The van der Waals surface area contributed by atoms with Crippen LogP contribution in [0.5, 0.6) is 0 Å². The maximum absolute atomic E-state index is 4.27. The molecule has 2 rings (SSSR count). The Morgan fingerprint density at radius 2 is 2.33 bits per heavy atom. The lowest BCUT2D eigenvalue weighted by Crippen LogP contribution is -1.97. The van der Waals surface area contributed by atoms with Crippen molar-refractivity contribution in [3.63, 3.8) is 0 Å². The first-order valence-electron chi connectivity index (χ1n) is 4.03. The molecule has 8 heteroatoms. The molecule has 0 saturated heterocycles. The average Bonchev–Trinajstić information content (AvgIpc) is 2.74. The first kappa shape index (κ1) is 10.4. The van der Waals surface area contributed by atoms with Crippen LogP contribution in [0.1, 0.15) is 0 Å². The van der Waals surface area contributed by atoms with Crippen molar-refractivity contribution in [1.82, 2.24) is 25.1 Å². The highest BCUT2D eigenvalue weighted by atomic mass is 79.9. The number of H-pyrrole nitrogens is 1. The predicted molar refractivity (Wildman–Crippen MR) is 59.8 cm³/mol. The van der Waals surface area contributed by atoms with Crippen LogP contribution in [-0.2, 0) is 0 Å². The summed E-state index contributed by atoms with van der Waals surface area (Å²) in [7, 11) is 1.77. The summed E-state index contributed by atoms with van der Waals surface area (Å²) in [4.78, 5) is 12.3. The summed E-state index contributed by atoms with van der Waals surface area (Å²) in [5, 5.41) is 10.9. The van der Waals surface area contributed by atoms with E-state index >= 15 is 0 Å². The van der Waals surface area contributed by atoms with Crippen molar-refractivity contribution < 1.29 is 0 Å². The molecule has 2 aromatic heterocycles. The predicted octanol–water partition coefficient (Wildman–Crippen LogP) is 1.55. The minimum Gasteiger partial charge on any atom is -0.357 e. The first-order chi connectivity index (χ1) is 7.29. The molecule has 6 nitrogen and oxygen atoms in total. The van der Waals surface area contributed by atoms with Crippen molar-refractivity contribution >= 4 is 33.6 Å². The van der Waals surface area contributed by atoms with Gasteiger partial charge in [0.1, 0.15) is 11.4 Å². The van der Waals surface area contributed by atoms with Gasteiger partial charge in [-0.1, -0.05) is 0 Å². The summed E-state index contributed by atoms with van der Waals surface area (Å²) in [5.74, 6) is 0.570. The zero-order valence-corrected chi connectivity index (χ0v) is 10.1. The number of rotatable bonds is 3. The van der Waals surface area contributed by atoms with Crippen LogP contribution < -0.4 is 5.32 Å². The van der Waals surface area contributed by atoms with E-state index in [0.717, 1.165) is 9.50 Å². The van der Waals surface area contributed by atoms with E-state index in [4.69, 9.17) is 0 Å². The first-order valence-corrected chi connectivity index (χ1v) is 5.64. The third-order valence-electron chi connectivity index (χ3n) is 1.52. The molecule has 2 heterocycles. The van der Waals surface area contributed by atoms with Crippen LogP contribution in [0.2, 0.25) is 0 Å². The summed E-state index contributed by atoms with van der Waals surface area (Å²) in [6.07, 6.45) is 3.15. The summed E-state index contributed by atoms with van der Waals surface area (Å²) < 4.78 is 0.822. The number of hydrogen-bond donors (Lipinski definition) is 2. The monoisotopic (exact) mass is 286 g/mol. The topological polar surface area (TPSA) is 79.4 Å². The van der Waals surface area contributed by atoms with Gasteiger partial charge in [-0.15, -0.1) is 0 Å². The Kier molecular flexibility index (Phi) is 3.17. The molecule has 0 unspecified atom stereocenters. The Hall–Kier alpha value is -1.15. The van der Waals surface area contributed by atoms with Gasteiger partial charge in [-0.25, -0.2) is 15.0 Å². The third-order valence-corrected chi connectivity index (χ3v) is 3.26. The molecule has 0 fully saturated rings. The van der Waals surface area contributed by atoms with Gasteiger partial charge in [0.2, 0.25) is 5.95 Å². The summed E-state index contributed by atoms with van der Waals surface area (Å²) in [6, 6.07) is 0. The lowest BCUT2D eigenvalue weighted by Gasteiger charge is -2.02. The molecule has 0 spiro atoms. The van der Waals surface area contributed by atoms with Crippen LogP contribution >= 0.6 is 27.7 Å². The van der Waals surface area contributed by atoms with Gasteiger partial charge in [0, 0.05) is 13.2 Å². The number of aromatic amines is 1. The smallest absolute Gasteiger partial charge is 0.223 e. The lowest BCUT2D eigenvalue weighted by atomic mass is 10.7. The van der Waals surface area contributed by atoms with Crippen LogP contribution in [0.4, 0.5) is 5.95 Å². The van der Waals surface area contributed by atoms with Crippen LogP contribution in [-0.4, -0.2) is 32.2 Å². The second-order valence-corrected chi connectivity index (χ2v) is 4.32. The van der Waals surface area contributed by atoms with Crippen LogP contribution in [0, 0.1) is 0 Å². The Bertz CT molecular complexity index is 445. The number of anilines is 1. The van der Waals surface area contributed by atoms with Gasteiger partial charge in [-0.2, -0.15) is 5.10 Å². The molecule has 0 aromatic carbocycles. The van der Waals surface area contributed by atoms with E-state index in [1.165, 1.54) is 18.1 Å². The van der Waals surface area contributed by atoms with Crippen LogP contribution in [0.25, 0.3) is 0 Å². The second kappa shape index (κ2) is 4.58. The number of halogens is 1. The standard InChI is InChI=1S/C7H7BrN6S/c1-9-6-10-2-4(8)5(13-6)15-7-11-3-12-14-7/h2-3H,1H3,(H,9,10,13)(H,11,12,14). The molecule has 0 bridgehead atoms. The van der Waals surface area contributed by atoms with Crippen molar-refractivity contribution in [1.29, 1.82) is 0 Å². The Morgan fingerprint density at radius 1 is 1.47 bits per heavy atom. The maximum Gasteiger partial charge on any atom is 0.223 e. The van der Waals surface area contributed by atoms with Gasteiger partial charge in [0.05, 0.1) is 4.47 Å². The van der Waals surface area contributed by atoms with Gasteiger partial charge in [-0.05, 0) is 27.7 Å². The van der Waals surface area contributed by atoms with Gasteiger partial charge in [0.25, 0.3) is 0 Å². The van der Waals surface area contributed by atoms with Crippen molar-refractivity contribution in [3.8, 4) is 0 Å². The van der Waals surface area contributed by atoms with Gasteiger partial charge < -0.3 is 5.32 Å². The van der Waals surface area contributed by atoms with Crippen LogP contribution in [0.3, 0.4) is 0 Å². The molecule has 2 N–H and O–H groups in total. The number of aromatic nitrogens is 5. The number of nitrogens with zero attached hydrogens (tertiary/aromatic N) is 4. The SMILES string of the molecule is CNc1ncc(Br)c(Sc2ncn[nH]2)n1. The summed E-state index contributed by atoms with van der Waals surface area (Å²) in [6.45, 7) is 0. The van der Waals surface area contributed by atoms with E-state index in [1.807, 2.05) is 0 Å². The number of hydrogen-bond acceptors (Lipinski definition) is 6. The van der Waals surface area contributed by atoms with Crippen molar-refractivity contribution in [3.05, 3.63) is 17.0 Å². The minimum absolute atomic E-state index is 0.570.